The van der Waals surface area contributed by atoms with Gasteiger partial charge in [0.25, 0.3) is 0 Å². The van der Waals surface area contributed by atoms with Gasteiger partial charge in [-0.1, -0.05) is 42.7 Å². The van der Waals surface area contributed by atoms with E-state index in [1.807, 2.05) is 0 Å². The molecule has 2 aliphatic rings. The Bertz CT molecular complexity index is 472. The van der Waals surface area contributed by atoms with E-state index in [1.165, 1.54) is 43.4 Å². The normalized spacial score (nSPS) is 25.1. The van der Waals surface area contributed by atoms with Gasteiger partial charge in [-0.15, -0.1) is 0 Å². The Balaban J connectivity index is 1.78. The second-order valence-corrected chi connectivity index (χ2v) is 7.50. The van der Waals surface area contributed by atoms with Crippen LogP contribution in [0.4, 0.5) is 0 Å². The summed E-state index contributed by atoms with van der Waals surface area (Å²) in [4.78, 5) is 2.70. The largest absolute Gasteiger partial charge is 0.308 e. The van der Waals surface area contributed by atoms with Crippen LogP contribution in [-0.2, 0) is 6.54 Å². The van der Waals surface area contributed by atoms with Crippen molar-refractivity contribution < 1.29 is 0 Å². The third-order valence-corrected chi connectivity index (χ3v) is 5.26. The van der Waals surface area contributed by atoms with Crippen molar-refractivity contribution in [2.24, 2.45) is 0 Å². The quantitative estimate of drug-likeness (QED) is 0.886. The van der Waals surface area contributed by atoms with Gasteiger partial charge in [-0.2, -0.15) is 0 Å². The number of hydrogen-bond acceptors (Lipinski definition) is 2. The molecule has 1 aromatic rings. The highest BCUT2D eigenvalue weighted by molar-refractivity contribution is 5.22. The number of rotatable bonds is 2. The molecule has 1 aliphatic carbocycles. The molecule has 1 heterocycles. The Morgan fingerprint density at radius 3 is 2.65 bits per heavy atom. The van der Waals surface area contributed by atoms with Crippen LogP contribution < -0.4 is 5.32 Å². The molecule has 1 N–H and O–H groups in total. The third-order valence-electron chi connectivity index (χ3n) is 5.26. The molecule has 0 atom stereocenters. The summed E-state index contributed by atoms with van der Waals surface area (Å²) >= 11 is 0. The maximum absolute atomic E-state index is 3.87. The van der Waals surface area contributed by atoms with Gasteiger partial charge in [-0.05, 0) is 39.2 Å². The number of nitrogens with zero attached hydrogens (tertiary/aromatic N) is 1. The second-order valence-electron chi connectivity index (χ2n) is 7.50. The smallest absolute Gasteiger partial charge is 0.0309 e. The van der Waals surface area contributed by atoms with Gasteiger partial charge in [0.05, 0.1) is 0 Å². The Labute approximate surface area is 123 Å². The van der Waals surface area contributed by atoms with E-state index >= 15 is 0 Å². The highest BCUT2D eigenvalue weighted by Crippen LogP contribution is 2.36. The van der Waals surface area contributed by atoms with Crippen LogP contribution in [-0.4, -0.2) is 29.1 Å². The zero-order chi connectivity index (χ0) is 14.2. The van der Waals surface area contributed by atoms with Crippen molar-refractivity contribution in [2.75, 3.05) is 13.1 Å². The van der Waals surface area contributed by atoms with Gasteiger partial charge >= 0.3 is 0 Å². The first-order chi connectivity index (χ1) is 9.49. The van der Waals surface area contributed by atoms with Crippen LogP contribution in [0.15, 0.2) is 24.3 Å². The standard InChI is InChI=1S/C18H28N2/c1-15-7-6-8-16(11-15)12-20-14-18(9-4-5-10-18)19-13-17(20,2)3/h6-8,11,19H,4-5,9-10,12-14H2,1-3H3. The first-order valence-corrected chi connectivity index (χ1v) is 8.05. The molecule has 2 heteroatoms. The molecule has 1 aliphatic heterocycles. The van der Waals surface area contributed by atoms with Crippen LogP contribution in [0.5, 0.6) is 0 Å². The lowest BCUT2D eigenvalue weighted by atomic mass is 9.87. The van der Waals surface area contributed by atoms with E-state index in [1.54, 1.807) is 0 Å². The van der Waals surface area contributed by atoms with Gasteiger partial charge in [0, 0.05) is 30.7 Å². The van der Waals surface area contributed by atoms with E-state index in [0.29, 0.717) is 5.54 Å². The number of hydrogen-bond donors (Lipinski definition) is 1. The molecule has 2 nitrogen and oxygen atoms in total. The molecular formula is C18H28N2. The van der Waals surface area contributed by atoms with Crippen molar-refractivity contribution in [3.63, 3.8) is 0 Å². The highest BCUT2D eigenvalue weighted by atomic mass is 15.3. The number of nitrogens with one attached hydrogen (secondary N) is 1. The summed E-state index contributed by atoms with van der Waals surface area (Å²) < 4.78 is 0. The van der Waals surface area contributed by atoms with Crippen LogP contribution in [0.2, 0.25) is 0 Å². The average molecular weight is 272 g/mol. The Hall–Kier alpha value is -0.860. The SMILES string of the molecule is Cc1cccc(CN2CC3(CCCC3)NCC2(C)C)c1. The lowest BCUT2D eigenvalue weighted by molar-refractivity contribution is 0.0217. The Morgan fingerprint density at radius 2 is 1.95 bits per heavy atom. The zero-order valence-corrected chi connectivity index (χ0v) is 13.2. The summed E-state index contributed by atoms with van der Waals surface area (Å²) in [5.74, 6) is 0. The fourth-order valence-corrected chi connectivity index (χ4v) is 3.84. The summed E-state index contributed by atoms with van der Waals surface area (Å²) in [7, 11) is 0. The molecule has 110 valence electrons. The molecule has 2 fully saturated rings. The van der Waals surface area contributed by atoms with E-state index in [0.717, 1.165) is 13.1 Å². The zero-order valence-electron chi connectivity index (χ0n) is 13.2. The molecule has 1 saturated carbocycles. The first kappa shape index (κ1) is 14.1. The molecular weight excluding hydrogens is 244 g/mol. The Kier molecular flexibility index (Phi) is 3.64. The maximum atomic E-state index is 3.87. The fourth-order valence-electron chi connectivity index (χ4n) is 3.84. The summed E-state index contributed by atoms with van der Waals surface area (Å²) in [6.07, 6.45) is 5.50. The van der Waals surface area contributed by atoms with E-state index in [9.17, 15) is 0 Å². The summed E-state index contributed by atoms with van der Waals surface area (Å²) in [6, 6.07) is 8.97. The second kappa shape index (κ2) is 5.16. The highest BCUT2D eigenvalue weighted by Gasteiger charge is 2.43. The molecule has 0 unspecified atom stereocenters. The van der Waals surface area contributed by atoms with Crippen molar-refractivity contribution in [3.05, 3.63) is 35.4 Å². The van der Waals surface area contributed by atoms with Crippen molar-refractivity contribution >= 4 is 0 Å². The summed E-state index contributed by atoms with van der Waals surface area (Å²) in [5.41, 5.74) is 3.47. The lowest BCUT2D eigenvalue weighted by Gasteiger charge is -2.51. The molecule has 0 amide bonds. The molecule has 3 rings (SSSR count). The molecule has 0 radical (unpaired) electrons. The van der Waals surface area contributed by atoms with Crippen molar-refractivity contribution in [2.45, 2.75) is 64.1 Å². The van der Waals surface area contributed by atoms with Crippen molar-refractivity contribution in [3.8, 4) is 0 Å². The fraction of sp³-hybridized carbons (Fsp3) is 0.667. The van der Waals surface area contributed by atoms with E-state index in [-0.39, 0.29) is 5.54 Å². The van der Waals surface area contributed by atoms with Crippen LogP contribution >= 0.6 is 0 Å². The lowest BCUT2D eigenvalue weighted by Crippen LogP contribution is -2.66. The number of aryl methyl sites for hydroxylation is 1. The maximum Gasteiger partial charge on any atom is 0.0309 e. The summed E-state index contributed by atoms with van der Waals surface area (Å²) in [5, 5.41) is 3.87. The van der Waals surface area contributed by atoms with Crippen molar-refractivity contribution in [1.29, 1.82) is 0 Å². The summed E-state index contributed by atoms with van der Waals surface area (Å²) in [6.45, 7) is 10.3. The minimum atomic E-state index is 0.248. The van der Waals surface area contributed by atoms with Gasteiger partial charge in [-0.25, -0.2) is 0 Å². The minimum Gasteiger partial charge on any atom is -0.308 e. The van der Waals surface area contributed by atoms with Crippen LogP contribution in [0.25, 0.3) is 0 Å². The topological polar surface area (TPSA) is 15.3 Å². The van der Waals surface area contributed by atoms with Gasteiger partial charge in [0.2, 0.25) is 0 Å². The number of benzene rings is 1. The van der Waals surface area contributed by atoms with Gasteiger partial charge in [0.15, 0.2) is 0 Å². The van der Waals surface area contributed by atoms with Crippen LogP contribution in [0.1, 0.15) is 50.7 Å². The predicted octanol–water partition coefficient (Wildman–Crippen LogP) is 3.49. The minimum absolute atomic E-state index is 0.248. The molecule has 0 aromatic heterocycles. The van der Waals surface area contributed by atoms with E-state index in [4.69, 9.17) is 0 Å². The van der Waals surface area contributed by atoms with E-state index < -0.39 is 0 Å². The molecule has 1 spiro atoms. The van der Waals surface area contributed by atoms with Gasteiger partial charge < -0.3 is 5.32 Å². The molecule has 0 bridgehead atoms. The monoisotopic (exact) mass is 272 g/mol. The first-order valence-electron chi connectivity index (χ1n) is 8.05. The van der Waals surface area contributed by atoms with Crippen LogP contribution in [0.3, 0.4) is 0 Å². The van der Waals surface area contributed by atoms with Crippen LogP contribution in [0, 0.1) is 6.92 Å². The molecule has 1 saturated heterocycles. The molecule has 1 aromatic carbocycles. The number of piperazine rings is 1. The van der Waals surface area contributed by atoms with Crippen molar-refractivity contribution in [1.82, 2.24) is 10.2 Å². The van der Waals surface area contributed by atoms with E-state index in [2.05, 4.69) is 55.3 Å². The Morgan fingerprint density at radius 1 is 1.20 bits per heavy atom. The average Bonchev–Trinajstić information content (AvgIpc) is 2.84. The van der Waals surface area contributed by atoms with Gasteiger partial charge in [0.1, 0.15) is 0 Å². The predicted molar refractivity (Wildman–Crippen MR) is 84.9 cm³/mol. The molecule has 20 heavy (non-hydrogen) atoms. The van der Waals surface area contributed by atoms with Gasteiger partial charge in [-0.3, -0.25) is 4.90 Å². The third kappa shape index (κ3) is 2.77.